The van der Waals surface area contributed by atoms with Crippen molar-refractivity contribution in [3.05, 3.63) is 0 Å². The van der Waals surface area contributed by atoms with E-state index in [4.69, 9.17) is 9.84 Å². The first-order valence-corrected chi connectivity index (χ1v) is 7.04. The summed E-state index contributed by atoms with van der Waals surface area (Å²) in [5.74, 6) is -0.305. The minimum absolute atomic E-state index is 0.282. The van der Waals surface area contributed by atoms with Crippen LogP contribution in [-0.2, 0) is 9.53 Å². The number of rotatable bonds is 7. The van der Waals surface area contributed by atoms with Crippen LogP contribution < -0.4 is 0 Å². The molecule has 0 bridgehead atoms. The van der Waals surface area contributed by atoms with Gasteiger partial charge in [0.15, 0.2) is 0 Å². The lowest BCUT2D eigenvalue weighted by Gasteiger charge is -2.37. The summed E-state index contributed by atoms with van der Waals surface area (Å²) in [7, 11) is 1.67. The normalized spacial score (nSPS) is 15.0. The van der Waals surface area contributed by atoms with Crippen molar-refractivity contribution >= 4 is 12.0 Å². The van der Waals surface area contributed by atoms with Crippen molar-refractivity contribution in [2.75, 3.05) is 33.4 Å². The number of likely N-dealkylation sites (N-methyl/N-ethyl adjacent to an activating group) is 1. The molecule has 1 saturated carbocycles. The molecule has 1 fully saturated rings. The lowest BCUT2D eigenvalue weighted by Crippen LogP contribution is -2.53. The first-order valence-electron chi connectivity index (χ1n) is 7.04. The molecule has 1 aliphatic carbocycles. The third-order valence-corrected chi connectivity index (χ3v) is 3.28. The molecule has 1 rings (SSSR count). The molecule has 0 heterocycles. The number of carboxylic acid groups (broad SMARTS) is 1. The topological polar surface area (TPSA) is 70.1 Å². The molecule has 0 saturated heterocycles. The molecule has 0 radical (unpaired) electrons. The van der Waals surface area contributed by atoms with Gasteiger partial charge in [-0.2, -0.15) is 0 Å². The van der Waals surface area contributed by atoms with Gasteiger partial charge in [-0.25, -0.2) is 4.79 Å². The zero-order valence-corrected chi connectivity index (χ0v) is 12.9. The van der Waals surface area contributed by atoms with Gasteiger partial charge < -0.3 is 19.6 Å². The van der Waals surface area contributed by atoms with Crippen LogP contribution in [0.1, 0.15) is 33.6 Å². The van der Waals surface area contributed by atoms with Gasteiger partial charge in [-0.15, -0.1) is 0 Å². The average Bonchev–Trinajstić information content (AvgIpc) is 3.13. The number of aliphatic carboxylic acids is 1. The Bertz CT molecular complexity index is 348. The summed E-state index contributed by atoms with van der Waals surface area (Å²) in [6.45, 7) is 6.90. The van der Waals surface area contributed by atoms with E-state index >= 15 is 0 Å². The fourth-order valence-electron chi connectivity index (χ4n) is 1.76. The Kier molecular flexibility index (Phi) is 5.80. The third-order valence-electron chi connectivity index (χ3n) is 3.28. The molecule has 0 aromatic heterocycles. The number of amides is 2. The minimum Gasteiger partial charge on any atom is -0.480 e. The summed E-state index contributed by atoms with van der Waals surface area (Å²) in [5, 5.41) is 8.92. The zero-order valence-electron chi connectivity index (χ0n) is 12.9. The molecule has 20 heavy (non-hydrogen) atoms. The van der Waals surface area contributed by atoms with E-state index in [1.165, 1.54) is 22.6 Å². The maximum atomic E-state index is 12.3. The van der Waals surface area contributed by atoms with Gasteiger partial charge in [0.2, 0.25) is 0 Å². The second-order valence-electron chi connectivity index (χ2n) is 6.37. The Labute approximate surface area is 120 Å². The molecule has 0 aromatic rings. The monoisotopic (exact) mass is 286 g/mol. The highest BCUT2D eigenvalue weighted by Gasteiger charge is 2.30. The van der Waals surface area contributed by atoms with Crippen LogP contribution in [0.2, 0.25) is 0 Å². The molecule has 2 amide bonds. The number of carbonyl (C=O) groups is 2. The first-order chi connectivity index (χ1) is 9.21. The Hall–Kier alpha value is -1.30. The van der Waals surface area contributed by atoms with E-state index in [1.54, 1.807) is 7.05 Å². The highest BCUT2D eigenvalue weighted by molar-refractivity contribution is 5.80. The second kappa shape index (κ2) is 6.92. The molecular formula is C14H26N2O4. The quantitative estimate of drug-likeness (QED) is 0.722. The van der Waals surface area contributed by atoms with Crippen LogP contribution in [0.4, 0.5) is 4.79 Å². The third kappa shape index (κ3) is 5.77. The number of carbonyl (C=O) groups excluding carboxylic acids is 1. The Morgan fingerprint density at radius 1 is 1.30 bits per heavy atom. The van der Waals surface area contributed by atoms with E-state index in [-0.39, 0.29) is 12.6 Å². The van der Waals surface area contributed by atoms with Gasteiger partial charge >= 0.3 is 12.0 Å². The van der Waals surface area contributed by atoms with E-state index in [9.17, 15) is 9.59 Å². The highest BCUT2D eigenvalue weighted by atomic mass is 16.5. The van der Waals surface area contributed by atoms with Crippen LogP contribution in [0.15, 0.2) is 0 Å². The van der Waals surface area contributed by atoms with Crippen LogP contribution in [0.3, 0.4) is 0 Å². The first kappa shape index (κ1) is 16.8. The van der Waals surface area contributed by atoms with E-state index in [0.717, 1.165) is 6.61 Å². The number of hydrogen-bond acceptors (Lipinski definition) is 3. The predicted octanol–water partition coefficient (Wildman–Crippen LogP) is 1.65. The Morgan fingerprint density at radius 3 is 2.35 bits per heavy atom. The number of carboxylic acids is 1. The molecule has 1 aliphatic rings. The van der Waals surface area contributed by atoms with Crippen LogP contribution >= 0.6 is 0 Å². The maximum absolute atomic E-state index is 12.3. The smallest absolute Gasteiger partial charge is 0.323 e. The van der Waals surface area contributed by atoms with E-state index in [1.807, 2.05) is 20.8 Å². The summed E-state index contributed by atoms with van der Waals surface area (Å²) >= 11 is 0. The Balaban J connectivity index is 2.42. The summed E-state index contributed by atoms with van der Waals surface area (Å²) in [6.07, 6.45) is 2.48. The molecule has 0 unspecified atom stereocenters. The summed E-state index contributed by atoms with van der Waals surface area (Å²) < 4.78 is 5.50. The molecule has 0 aliphatic heterocycles. The van der Waals surface area contributed by atoms with E-state index in [2.05, 4.69) is 0 Å². The molecule has 116 valence electrons. The van der Waals surface area contributed by atoms with Crippen LogP contribution in [0.5, 0.6) is 0 Å². The fourth-order valence-corrected chi connectivity index (χ4v) is 1.76. The van der Waals surface area contributed by atoms with Gasteiger partial charge in [-0.3, -0.25) is 4.79 Å². The standard InChI is InChI=1S/C14H26N2O4/c1-14(2,3)16(9-12(17)18)13(19)15(4)7-8-20-10-11-5-6-11/h11H,5-10H2,1-4H3,(H,17,18). The van der Waals surface area contributed by atoms with Crippen molar-refractivity contribution < 1.29 is 19.4 Å². The number of hydrogen-bond donors (Lipinski definition) is 1. The van der Waals surface area contributed by atoms with Crippen molar-refractivity contribution in [3.63, 3.8) is 0 Å². The fraction of sp³-hybridized carbons (Fsp3) is 0.857. The highest BCUT2D eigenvalue weighted by Crippen LogP contribution is 2.28. The van der Waals surface area contributed by atoms with Crippen molar-refractivity contribution in [2.45, 2.75) is 39.2 Å². The Morgan fingerprint density at radius 2 is 1.90 bits per heavy atom. The molecule has 0 aromatic carbocycles. The molecule has 6 nitrogen and oxygen atoms in total. The van der Waals surface area contributed by atoms with Crippen molar-refractivity contribution in [1.29, 1.82) is 0 Å². The number of nitrogens with zero attached hydrogens (tertiary/aromatic N) is 2. The van der Waals surface area contributed by atoms with Crippen molar-refractivity contribution in [3.8, 4) is 0 Å². The van der Waals surface area contributed by atoms with Gasteiger partial charge in [-0.1, -0.05) is 0 Å². The van der Waals surface area contributed by atoms with Gasteiger partial charge in [0.1, 0.15) is 6.54 Å². The molecular weight excluding hydrogens is 260 g/mol. The second-order valence-corrected chi connectivity index (χ2v) is 6.37. The maximum Gasteiger partial charge on any atom is 0.323 e. The van der Waals surface area contributed by atoms with Gasteiger partial charge in [0.05, 0.1) is 6.61 Å². The number of urea groups is 1. The van der Waals surface area contributed by atoms with Crippen LogP contribution in [-0.4, -0.2) is 65.8 Å². The number of ether oxygens (including phenoxy) is 1. The zero-order chi connectivity index (χ0) is 15.3. The summed E-state index contributed by atoms with van der Waals surface area (Å²) in [5.41, 5.74) is -0.529. The molecule has 1 N–H and O–H groups in total. The predicted molar refractivity (Wildman–Crippen MR) is 75.7 cm³/mol. The average molecular weight is 286 g/mol. The van der Waals surface area contributed by atoms with Crippen molar-refractivity contribution in [2.24, 2.45) is 5.92 Å². The summed E-state index contributed by atoms with van der Waals surface area (Å²) in [4.78, 5) is 26.1. The van der Waals surface area contributed by atoms with Gasteiger partial charge in [0.25, 0.3) is 0 Å². The van der Waals surface area contributed by atoms with Crippen molar-refractivity contribution in [1.82, 2.24) is 9.80 Å². The molecule has 0 atom stereocenters. The van der Waals surface area contributed by atoms with Gasteiger partial charge in [-0.05, 0) is 39.5 Å². The molecule has 0 spiro atoms. The minimum atomic E-state index is -1.01. The van der Waals surface area contributed by atoms with E-state index in [0.29, 0.717) is 19.1 Å². The van der Waals surface area contributed by atoms with Crippen LogP contribution in [0, 0.1) is 5.92 Å². The lowest BCUT2D eigenvalue weighted by molar-refractivity contribution is -0.138. The van der Waals surface area contributed by atoms with E-state index < -0.39 is 11.5 Å². The largest absolute Gasteiger partial charge is 0.480 e. The van der Waals surface area contributed by atoms with Gasteiger partial charge in [0, 0.05) is 25.7 Å². The summed E-state index contributed by atoms with van der Waals surface area (Å²) in [6, 6.07) is -0.282. The SMILES string of the molecule is CN(CCOCC1CC1)C(=O)N(CC(=O)O)C(C)(C)C. The lowest BCUT2D eigenvalue weighted by atomic mass is 10.1. The van der Waals surface area contributed by atoms with Crippen LogP contribution in [0.25, 0.3) is 0 Å². The molecule has 6 heteroatoms.